The average Bonchev–Trinajstić information content (AvgIpc) is 2.35. The fourth-order valence-electron chi connectivity index (χ4n) is 2.58. The van der Waals surface area contributed by atoms with Gasteiger partial charge in [-0.05, 0) is 64.8 Å². The van der Waals surface area contributed by atoms with Gasteiger partial charge in [0.2, 0.25) is 0 Å². The Bertz CT molecular complexity index is 577. The molecule has 0 aliphatic heterocycles. The Hall–Kier alpha value is -1.03. The van der Waals surface area contributed by atoms with E-state index in [1.807, 2.05) is 0 Å². The summed E-state index contributed by atoms with van der Waals surface area (Å²) in [6, 6.07) is 15.2. The number of hydrogen-bond acceptors (Lipinski definition) is 1. The van der Waals surface area contributed by atoms with Crippen LogP contribution in [0, 0.1) is 10.5 Å². The first-order chi connectivity index (χ1) is 8.75. The van der Waals surface area contributed by atoms with E-state index < -0.39 is 0 Å². The third-order valence-electron chi connectivity index (χ3n) is 3.77. The summed E-state index contributed by atoms with van der Waals surface area (Å²) in [6.45, 7) is 3.22. The lowest BCUT2D eigenvalue weighted by Crippen LogP contribution is -2.24. The van der Waals surface area contributed by atoms with Gasteiger partial charge in [0.1, 0.15) is 0 Å². The van der Waals surface area contributed by atoms with Gasteiger partial charge in [0.05, 0.1) is 0 Å². The molecule has 1 nitrogen and oxygen atoms in total. The minimum Gasteiger partial charge on any atom is -0.384 e. The molecule has 0 bridgehead atoms. The van der Waals surface area contributed by atoms with Crippen LogP contribution < -0.4 is 5.32 Å². The molecule has 1 aliphatic rings. The van der Waals surface area contributed by atoms with Crippen LogP contribution in [0.25, 0.3) is 0 Å². The van der Waals surface area contributed by atoms with Crippen LogP contribution in [0.3, 0.4) is 0 Å². The molecule has 3 rings (SSSR count). The second-order valence-electron chi connectivity index (χ2n) is 4.89. The minimum absolute atomic E-state index is 0.679. The Labute approximate surface area is 122 Å². The molecule has 0 radical (unpaired) electrons. The Kier molecular flexibility index (Phi) is 3.29. The fourth-order valence-corrected chi connectivity index (χ4v) is 3.08. The SMILES string of the molecule is Cc1c(I)cccc1NCC1Cc2ccccc21. The van der Waals surface area contributed by atoms with Crippen molar-refractivity contribution in [3.63, 3.8) is 0 Å². The van der Waals surface area contributed by atoms with E-state index in [1.165, 1.54) is 32.4 Å². The second kappa shape index (κ2) is 4.92. The van der Waals surface area contributed by atoms with Gasteiger partial charge in [-0.15, -0.1) is 0 Å². The van der Waals surface area contributed by atoms with E-state index in [9.17, 15) is 0 Å². The maximum Gasteiger partial charge on any atom is 0.0380 e. The highest BCUT2D eigenvalue weighted by Crippen LogP contribution is 2.35. The normalized spacial score (nSPS) is 16.9. The van der Waals surface area contributed by atoms with Crippen LogP contribution in [0.4, 0.5) is 5.69 Å². The Balaban J connectivity index is 1.69. The summed E-state index contributed by atoms with van der Waals surface area (Å²) in [5, 5.41) is 3.59. The molecule has 1 aliphatic carbocycles. The van der Waals surface area contributed by atoms with E-state index in [0.29, 0.717) is 5.92 Å². The third-order valence-corrected chi connectivity index (χ3v) is 4.94. The lowest BCUT2D eigenvalue weighted by Gasteiger charge is -2.30. The van der Waals surface area contributed by atoms with Crippen LogP contribution in [0.15, 0.2) is 42.5 Å². The highest BCUT2D eigenvalue weighted by molar-refractivity contribution is 14.1. The highest BCUT2D eigenvalue weighted by atomic mass is 127. The average molecular weight is 349 g/mol. The maximum absolute atomic E-state index is 3.59. The molecule has 92 valence electrons. The molecule has 0 saturated heterocycles. The van der Waals surface area contributed by atoms with Crippen LogP contribution in [-0.2, 0) is 6.42 Å². The third kappa shape index (κ3) is 2.14. The predicted molar refractivity (Wildman–Crippen MR) is 85.3 cm³/mol. The molecule has 18 heavy (non-hydrogen) atoms. The van der Waals surface area contributed by atoms with Crippen LogP contribution in [0.2, 0.25) is 0 Å². The summed E-state index contributed by atoms with van der Waals surface area (Å²) in [4.78, 5) is 0. The zero-order chi connectivity index (χ0) is 12.5. The van der Waals surface area contributed by atoms with Gasteiger partial charge in [-0.3, -0.25) is 0 Å². The first-order valence-corrected chi connectivity index (χ1v) is 7.40. The van der Waals surface area contributed by atoms with E-state index in [1.54, 1.807) is 0 Å². The highest BCUT2D eigenvalue weighted by Gasteiger charge is 2.24. The summed E-state index contributed by atoms with van der Waals surface area (Å²) >= 11 is 2.39. The van der Waals surface area contributed by atoms with Gasteiger partial charge in [0.15, 0.2) is 0 Å². The molecule has 1 N–H and O–H groups in total. The van der Waals surface area contributed by atoms with Crippen molar-refractivity contribution in [1.82, 2.24) is 0 Å². The Morgan fingerprint density at radius 1 is 1.17 bits per heavy atom. The Morgan fingerprint density at radius 2 is 2.00 bits per heavy atom. The minimum atomic E-state index is 0.679. The van der Waals surface area contributed by atoms with Crippen LogP contribution in [0.5, 0.6) is 0 Å². The van der Waals surface area contributed by atoms with E-state index in [0.717, 1.165) is 6.54 Å². The molecule has 0 amide bonds. The van der Waals surface area contributed by atoms with Gasteiger partial charge in [-0.25, -0.2) is 0 Å². The molecule has 1 unspecified atom stereocenters. The number of rotatable bonds is 3. The van der Waals surface area contributed by atoms with Gasteiger partial charge in [-0.2, -0.15) is 0 Å². The lowest BCUT2D eigenvalue weighted by molar-refractivity contribution is 0.635. The second-order valence-corrected chi connectivity index (χ2v) is 6.06. The van der Waals surface area contributed by atoms with Gasteiger partial charge < -0.3 is 5.32 Å². The van der Waals surface area contributed by atoms with Crippen molar-refractivity contribution in [1.29, 1.82) is 0 Å². The summed E-state index contributed by atoms with van der Waals surface area (Å²) < 4.78 is 1.33. The molecule has 0 spiro atoms. The number of halogens is 1. The van der Waals surface area contributed by atoms with Gasteiger partial charge in [0, 0.05) is 21.7 Å². The number of nitrogens with one attached hydrogen (secondary N) is 1. The van der Waals surface area contributed by atoms with E-state index in [-0.39, 0.29) is 0 Å². The molecule has 0 heterocycles. The standard InChI is InChI=1S/C16H16IN/c1-11-15(17)7-4-8-16(11)18-10-13-9-12-5-2-3-6-14(12)13/h2-8,13,18H,9-10H2,1H3. The number of fused-ring (bicyclic) bond motifs is 1. The number of anilines is 1. The molecular weight excluding hydrogens is 333 g/mol. The smallest absolute Gasteiger partial charge is 0.0380 e. The summed E-state index contributed by atoms with van der Waals surface area (Å²) in [5.74, 6) is 0.679. The van der Waals surface area contributed by atoms with Gasteiger partial charge in [-0.1, -0.05) is 30.3 Å². The fraction of sp³-hybridized carbons (Fsp3) is 0.250. The maximum atomic E-state index is 3.59. The van der Waals surface area contributed by atoms with Crippen molar-refractivity contribution in [3.8, 4) is 0 Å². The molecule has 0 saturated carbocycles. The quantitative estimate of drug-likeness (QED) is 0.813. The molecule has 1 atom stereocenters. The van der Waals surface area contributed by atoms with Crippen LogP contribution in [0.1, 0.15) is 22.6 Å². The van der Waals surface area contributed by atoms with Crippen LogP contribution in [-0.4, -0.2) is 6.54 Å². The van der Waals surface area contributed by atoms with Crippen molar-refractivity contribution in [3.05, 3.63) is 62.7 Å². The van der Waals surface area contributed by atoms with Crippen molar-refractivity contribution < 1.29 is 0 Å². The van der Waals surface area contributed by atoms with E-state index >= 15 is 0 Å². The number of benzene rings is 2. The largest absolute Gasteiger partial charge is 0.384 e. The van der Waals surface area contributed by atoms with Crippen molar-refractivity contribution >= 4 is 28.3 Å². The topological polar surface area (TPSA) is 12.0 Å². The molecule has 2 aromatic carbocycles. The molecule has 2 heteroatoms. The zero-order valence-corrected chi connectivity index (χ0v) is 12.6. The summed E-state index contributed by atoms with van der Waals surface area (Å²) in [6.07, 6.45) is 1.21. The molecular formula is C16H16IN. The van der Waals surface area contributed by atoms with Gasteiger partial charge in [0.25, 0.3) is 0 Å². The van der Waals surface area contributed by atoms with Crippen LogP contribution >= 0.6 is 22.6 Å². The van der Waals surface area contributed by atoms with Crippen molar-refractivity contribution in [2.24, 2.45) is 0 Å². The first kappa shape index (κ1) is 12.0. The number of hydrogen-bond donors (Lipinski definition) is 1. The van der Waals surface area contributed by atoms with Gasteiger partial charge >= 0.3 is 0 Å². The lowest BCUT2D eigenvalue weighted by atomic mass is 9.77. The molecule has 0 aromatic heterocycles. The zero-order valence-electron chi connectivity index (χ0n) is 10.4. The Morgan fingerprint density at radius 3 is 2.83 bits per heavy atom. The summed E-state index contributed by atoms with van der Waals surface area (Å²) in [5.41, 5.74) is 5.66. The predicted octanol–water partition coefficient (Wildman–Crippen LogP) is 4.35. The van der Waals surface area contributed by atoms with Crippen molar-refractivity contribution in [2.75, 3.05) is 11.9 Å². The van der Waals surface area contributed by atoms with E-state index in [4.69, 9.17) is 0 Å². The summed E-state index contributed by atoms with van der Waals surface area (Å²) in [7, 11) is 0. The van der Waals surface area contributed by atoms with Crippen molar-refractivity contribution in [2.45, 2.75) is 19.3 Å². The molecule has 0 fully saturated rings. The van der Waals surface area contributed by atoms with E-state index in [2.05, 4.69) is 77.3 Å². The monoisotopic (exact) mass is 349 g/mol. The first-order valence-electron chi connectivity index (χ1n) is 6.32. The molecule has 2 aromatic rings.